The molecule has 4 heteroatoms. The van der Waals surface area contributed by atoms with Crippen molar-refractivity contribution in [3.63, 3.8) is 0 Å². The van der Waals surface area contributed by atoms with Crippen molar-refractivity contribution in [3.8, 4) is 0 Å². The minimum atomic E-state index is -0.478. The molecule has 0 aliphatic rings. The fourth-order valence-electron chi connectivity index (χ4n) is 1.38. The molecule has 0 bridgehead atoms. The molecule has 1 unspecified atom stereocenters. The minimum absolute atomic E-state index is 0.0657. The molecular weight excluding hydrogens is 240 g/mol. The summed E-state index contributed by atoms with van der Waals surface area (Å²) in [5.41, 5.74) is 0.571. The van der Waals surface area contributed by atoms with E-state index in [2.05, 4.69) is 0 Å². The third-order valence-electron chi connectivity index (χ3n) is 2.28. The smallest absolute Gasteiger partial charge is 0.191 e. The molecular formula is C13H17ClO3. The predicted octanol–water partition coefficient (Wildman–Crippen LogP) is 2.96. The summed E-state index contributed by atoms with van der Waals surface area (Å²) in [6.07, 6.45) is -0.478. The van der Waals surface area contributed by atoms with E-state index in [0.29, 0.717) is 30.4 Å². The highest BCUT2D eigenvalue weighted by Gasteiger charge is 2.15. The summed E-state index contributed by atoms with van der Waals surface area (Å²) in [6, 6.07) is 6.87. The zero-order chi connectivity index (χ0) is 12.7. The molecule has 0 aromatic heterocycles. The van der Waals surface area contributed by atoms with Gasteiger partial charge in [-0.3, -0.25) is 4.79 Å². The molecule has 3 nitrogen and oxygen atoms in total. The van der Waals surface area contributed by atoms with Gasteiger partial charge in [-0.15, -0.1) is 0 Å². The third-order valence-corrected chi connectivity index (χ3v) is 2.51. The van der Waals surface area contributed by atoms with Gasteiger partial charge in [0.25, 0.3) is 0 Å². The quantitative estimate of drug-likeness (QED) is 0.556. The monoisotopic (exact) mass is 256 g/mol. The van der Waals surface area contributed by atoms with Gasteiger partial charge in [0.05, 0.1) is 13.2 Å². The molecule has 1 rings (SSSR count). The number of hydrogen-bond donors (Lipinski definition) is 0. The van der Waals surface area contributed by atoms with Crippen LogP contribution in [-0.4, -0.2) is 31.7 Å². The molecule has 0 radical (unpaired) electrons. The lowest BCUT2D eigenvalue weighted by Crippen LogP contribution is -2.22. The molecule has 17 heavy (non-hydrogen) atoms. The second-order valence-corrected chi connectivity index (χ2v) is 4.02. The Hall–Kier alpha value is -0.900. The highest BCUT2D eigenvalue weighted by atomic mass is 35.5. The van der Waals surface area contributed by atoms with Gasteiger partial charge in [0, 0.05) is 17.2 Å². The number of benzene rings is 1. The van der Waals surface area contributed by atoms with Crippen molar-refractivity contribution < 1.29 is 14.3 Å². The van der Waals surface area contributed by atoms with Crippen molar-refractivity contribution in [3.05, 3.63) is 34.9 Å². The summed E-state index contributed by atoms with van der Waals surface area (Å²) in [6.45, 7) is 5.22. The molecule has 0 N–H and O–H groups in total. The normalized spacial score (nSPS) is 12.4. The molecule has 1 atom stereocenters. The minimum Gasteiger partial charge on any atom is -0.379 e. The zero-order valence-corrected chi connectivity index (χ0v) is 10.9. The van der Waals surface area contributed by atoms with Gasteiger partial charge in [-0.05, 0) is 26.0 Å². The van der Waals surface area contributed by atoms with E-state index < -0.39 is 6.10 Å². The van der Waals surface area contributed by atoms with Crippen LogP contribution in [0.1, 0.15) is 24.2 Å². The molecule has 0 saturated heterocycles. The number of Topliss-reactive ketones (excluding diaryl/α,β-unsaturated/α-hetero) is 1. The van der Waals surface area contributed by atoms with Crippen LogP contribution in [-0.2, 0) is 9.47 Å². The van der Waals surface area contributed by atoms with E-state index in [4.69, 9.17) is 21.1 Å². The van der Waals surface area contributed by atoms with Crippen molar-refractivity contribution in [2.24, 2.45) is 0 Å². The van der Waals surface area contributed by atoms with E-state index >= 15 is 0 Å². The Labute approximate surface area is 107 Å². The van der Waals surface area contributed by atoms with E-state index in [-0.39, 0.29) is 5.78 Å². The molecule has 0 aliphatic carbocycles. The van der Waals surface area contributed by atoms with Crippen LogP contribution in [0.4, 0.5) is 0 Å². The molecule has 0 fully saturated rings. The first kappa shape index (κ1) is 14.2. The number of carbonyl (C=O) groups is 1. The Morgan fingerprint density at radius 1 is 1.41 bits per heavy atom. The number of hydrogen-bond acceptors (Lipinski definition) is 3. The molecule has 0 saturated carbocycles. The Morgan fingerprint density at radius 2 is 2.18 bits per heavy atom. The topological polar surface area (TPSA) is 35.5 Å². The lowest BCUT2D eigenvalue weighted by molar-refractivity contribution is 0.0174. The highest BCUT2D eigenvalue weighted by molar-refractivity contribution is 6.31. The number of halogens is 1. The average Bonchev–Trinajstić information content (AvgIpc) is 2.33. The van der Waals surface area contributed by atoms with E-state index in [0.717, 1.165) is 0 Å². The summed E-state index contributed by atoms with van der Waals surface area (Å²) in [7, 11) is 0. The van der Waals surface area contributed by atoms with Crippen LogP contribution in [0.2, 0.25) is 5.02 Å². The number of carbonyl (C=O) groups excluding carboxylic acids is 1. The third kappa shape index (κ3) is 4.86. The molecule has 0 heterocycles. The Kier molecular flexibility index (Phi) is 6.19. The summed E-state index contributed by atoms with van der Waals surface area (Å²) in [4.78, 5) is 11.9. The summed E-state index contributed by atoms with van der Waals surface area (Å²) in [5, 5.41) is 0.553. The summed E-state index contributed by atoms with van der Waals surface area (Å²) in [5.74, 6) is -0.0657. The van der Waals surface area contributed by atoms with Gasteiger partial charge in [-0.1, -0.05) is 23.7 Å². The average molecular weight is 257 g/mol. The zero-order valence-electron chi connectivity index (χ0n) is 10.1. The van der Waals surface area contributed by atoms with E-state index in [1.54, 1.807) is 31.2 Å². The Morgan fingerprint density at radius 3 is 2.82 bits per heavy atom. The molecule has 1 aromatic carbocycles. The van der Waals surface area contributed by atoms with E-state index in [1.807, 2.05) is 6.92 Å². The Bertz CT molecular complexity index is 365. The van der Waals surface area contributed by atoms with Crippen LogP contribution in [0.5, 0.6) is 0 Å². The van der Waals surface area contributed by atoms with Crippen LogP contribution in [0, 0.1) is 0 Å². The first-order valence-corrected chi connectivity index (χ1v) is 6.02. The highest BCUT2D eigenvalue weighted by Crippen LogP contribution is 2.13. The molecule has 0 amide bonds. The lowest BCUT2D eigenvalue weighted by atomic mass is 10.1. The maximum Gasteiger partial charge on any atom is 0.191 e. The lowest BCUT2D eigenvalue weighted by Gasteiger charge is -2.12. The number of rotatable bonds is 7. The number of ether oxygens (including phenoxy) is 2. The van der Waals surface area contributed by atoms with E-state index in [9.17, 15) is 4.79 Å². The fraction of sp³-hybridized carbons (Fsp3) is 0.462. The van der Waals surface area contributed by atoms with Crippen molar-refractivity contribution in [1.82, 2.24) is 0 Å². The number of ketones is 1. The Balaban J connectivity index is 2.46. The van der Waals surface area contributed by atoms with Gasteiger partial charge in [0.2, 0.25) is 0 Å². The summed E-state index contributed by atoms with van der Waals surface area (Å²) >= 11 is 5.83. The van der Waals surface area contributed by atoms with Gasteiger partial charge in [0.1, 0.15) is 6.10 Å². The molecule has 1 aromatic rings. The maximum atomic E-state index is 11.9. The van der Waals surface area contributed by atoms with Gasteiger partial charge >= 0.3 is 0 Å². The first-order chi connectivity index (χ1) is 8.15. The standard InChI is InChI=1S/C13H17ClO3/c1-3-16-7-8-17-10(2)13(15)11-5-4-6-12(14)9-11/h4-6,9-10H,3,7-8H2,1-2H3. The fourth-order valence-corrected chi connectivity index (χ4v) is 1.57. The van der Waals surface area contributed by atoms with Crippen LogP contribution in [0.25, 0.3) is 0 Å². The van der Waals surface area contributed by atoms with Crippen molar-refractivity contribution in [2.45, 2.75) is 20.0 Å². The summed E-state index contributed by atoms with van der Waals surface area (Å²) < 4.78 is 10.5. The first-order valence-electron chi connectivity index (χ1n) is 5.64. The van der Waals surface area contributed by atoms with E-state index in [1.165, 1.54) is 0 Å². The molecule has 94 valence electrons. The van der Waals surface area contributed by atoms with Crippen molar-refractivity contribution in [1.29, 1.82) is 0 Å². The van der Waals surface area contributed by atoms with Crippen molar-refractivity contribution >= 4 is 17.4 Å². The maximum absolute atomic E-state index is 11.9. The molecule has 0 spiro atoms. The van der Waals surface area contributed by atoms with Crippen LogP contribution in [0.3, 0.4) is 0 Å². The van der Waals surface area contributed by atoms with Crippen molar-refractivity contribution in [2.75, 3.05) is 19.8 Å². The largest absolute Gasteiger partial charge is 0.379 e. The second kappa shape index (κ2) is 7.43. The molecule has 0 aliphatic heterocycles. The second-order valence-electron chi connectivity index (χ2n) is 3.58. The van der Waals surface area contributed by atoms with Gasteiger partial charge in [-0.25, -0.2) is 0 Å². The van der Waals surface area contributed by atoms with Gasteiger partial charge in [0.15, 0.2) is 5.78 Å². The van der Waals surface area contributed by atoms with Crippen LogP contribution < -0.4 is 0 Å². The van der Waals surface area contributed by atoms with Crippen LogP contribution >= 0.6 is 11.6 Å². The predicted molar refractivity (Wildman–Crippen MR) is 67.7 cm³/mol. The SMILES string of the molecule is CCOCCOC(C)C(=O)c1cccc(Cl)c1. The van der Waals surface area contributed by atoms with Gasteiger partial charge in [-0.2, -0.15) is 0 Å². The van der Waals surface area contributed by atoms with Crippen LogP contribution in [0.15, 0.2) is 24.3 Å². The van der Waals surface area contributed by atoms with Gasteiger partial charge < -0.3 is 9.47 Å².